The number of carbonyl (C=O) groups excluding carboxylic acids is 1. The second-order valence-corrected chi connectivity index (χ2v) is 9.81. The maximum Gasteiger partial charge on any atom is 0.326 e. The topological polar surface area (TPSA) is 104 Å². The van der Waals surface area contributed by atoms with Gasteiger partial charge in [0.15, 0.2) is 0 Å². The van der Waals surface area contributed by atoms with Crippen LogP contribution in [0.1, 0.15) is 82.4 Å². The molecule has 2 aliphatic carbocycles. The third kappa shape index (κ3) is 3.84. The van der Waals surface area contributed by atoms with E-state index in [2.05, 4.69) is 44.3 Å². The average Bonchev–Trinajstić information content (AvgIpc) is 2.66. The predicted octanol–water partition coefficient (Wildman–Crippen LogP) is 3.86. The van der Waals surface area contributed by atoms with E-state index in [4.69, 9.17) is 5.11 Å². The van der Waals surface area contributed by atoms with E-state index in [-0.39, 0.29) is 17.2 Å². The summed E-state index contributed by atoms with van der Waals surface area (Å²) >= 11 is 0. The average molecular weight is 416 g/mol. The Bertz CT molecular complexity index is 863. The SMILES string of the molecule is CC(C)c1ccc2c(c1)CC[C@H]1[C@](C)(C(=O)N[C@@H](CC(=O)O)C(=O)O)CCC[C@]21C. The number of nitrogens with one attached hydrogen (secondary N) is 1. The van der Waals surface area contributed by atoms with Gasteiger partial charge < -0.3 is 15.5 Å². The third-order valence-corrected chi connectivity index (χ3v) is 7.54. The van der Waals surface area contributed by atoms with Crippen molar-refractivity contribution in [3.8, 4) is 0 Å². The fraction of sp³-hybridized carbons (Fsp3) is 0.625. The van der Waals surface area contributed by atoms with E-state index < -0.39 is 29.8 Å². The van der Waals surface area contributed by atoms with Crippen LogP contribution < -0.4 is 5.32 Å². The lowest BCUT2D eigenvalue weighted by molar-refractivity contribution is -0.150. The summed E-state index contributed by atoms with van der Waals surface area (Å²) in [5, 5.41) is 20.9. The van der Waals surface area contributed by atoms with Crippen LogP contribution in [0.25, 0.3) is 0 Å². The van der Waals surface area contributed by atoms with Gasteiger partial charge in [0, 0.05) is 0 Å². The molecule has 0 bridgehead atoms. The van der Waals surface area contributed by atoms with E-state index in [9.17, 15) is 19.5 Å². The highest BCUT2D eigenvalue weighted by molar-refractivity contribution is 5.89. The van der Waals surface area contributed by atoms with Gasteiger partial charge in [-0.25, -0.2) is 4.79 Å². The molecular formula is C24H33NO5. The van der Waals surface area contributed by atoms with E-state index in [1.165, 1.54) is 16.7 Å². The lowest BCUT2D eigenvalue weighted by Gasteiger charge is -2.54. The molecule has 4 atom stereocenters. The molecule has 1 amide bonds. The van der Waals surface area contributed by atoms with Crippen molar-refractivity contribution in [1.29, 1.82) is 0 Å². The number of carboxylic acids is 2. The number of benzene rings is 1. The Balaban J connectivity index is 1.92. The molecule has 3 rings (SSSR count). The number of amides is 1. The van der Waals surface area contributed by atoms with Crippen molar-refractivity contribution in [3.63, 3.8) is 0 Å². The van der Waals surface area contributed by atoms with E-state index in [1.807, 2.05) is 6.92 Å². The molecule has 30 heavy (non-hydrogen) atoms. The molecule has 2 aliphatic rings. The molecule has 0 unspecified atom stereocenters. The van der Waals surface area contributed by atoms with Gasteiger partial charge in [-0.15, -0.1) is 0 Å². The van der Waals surface area contributed by atoms with Crippen molar-refractivity contribution in [2.45, 2.75) is 83.6 Å². The molecule has 0 radical (unpaired) electrons. The van der Waals surface area contributed by atoms with Gasteiger partial charge in [0.1, 0.15) is 6.04 Å². The van der Waals surface area contributed by atoms with Gasteiger partial charge in [0.05, 0.1) is 11.8 Å². The molecule has 0 aliphatic heterocycles. The Morgan fingerprint density at radius 2 is 1.87 bits per heavy atom. The van der Waals surface area contributed by atoms with Crippen LogP contribution in [0.15, 0.2) is 18.2 Å². The molecule has 1 saturated carbocycles. The fourth-order valence-corrected chi connectivity index (χ4v) is 5.84. The summed E-state index contributed by atoms with van der Waals surface area (Å²) in [5.74, 6) is -2.35. The molecule has 0 spiro atoms. The molecule has 1 aromatic rings. The minimum absolute atomic E-state index is 0.0791. The highest BCUT2D eigenvalue weighted by Gasteiger charge is 2.55. The first kappa shape index (κ1) is 22.3. The molecule has 6 heteroatoms. The molecule has 0 saturated heterocycles. The lowest BCUT2D eigenvalue weighted by atomic mass is 9.49. The number of hydrogen-bond donors (Lipinski definition) is 3. The number of fused-ring (bicyclic) bond motifs is 3. The monoisotopic (exact) mass is 415 g/mol. The van der Waals surface area contributed by atoms with Gasteiger partial charge in [0.2, 0.25) is 5.91 Å². The van der Waals surface area contributed by atoms with Crippen LogP contribution in [0.5, 0.6) is 0 Å². The first-order valence-electron chi connectivity index (χ1n) is 10.9. The number of aliphatic carboxylic acids is 2. The number of rotatable bonds is 6. The second-order valence-electron chi connectivity index (χ2n) is 9.81. The lowest BCUT2D eigenvalue weighted by Crippen LogP contribution is -2.57. The van der Waals surface area contributed by atoms with E-state index in [0.717, 1.165) is 25.7 Å². The normalized spacial score (nSPS) is 28.9. The molecule has 0 heterocycles. The van der Waals surface area contributed by atoms with Gasteiger partial charge in [-0.2, -0.15) is 0 Å². The maximum atomic E-state index is 13.3. The van der Waals surface area contributed by atoms with Crippen molar-refractivity contribution in [2.24, 2.45) is 11.3 Å². The summed E-state index contributed by atoms with van der Waals surface area (Å²) in [4.78, 5) is 35.8. The van der Waals surface area contributed by atoms with Crippen LogP contribution >= 0.6 is 0 Å². The first-order chi connectivity index (χ1) is 14.0. The van der Waals surface area contributed by atoms with Gasteiger partial charge >= 0.3 is 11.9 Å². The number of hydrogen-bond acceptors (Lipinski definition) is 3. The summed E-state index contributed by atoms with van der Waals surface area (Å²) in [6.07, 6.45) is 3.69. The van der Waals surface area contributed by atoms with Crippen molar-refractivity contribution in [1.82, 2.24) is 5.32 Å². The quantitative estimate of drug-likeness (QED) is 0.654. The van der Waals surface area contributed by atoms with Gasteiger partial charge in [-0.1, -0.05) is 52.3 Å². The van der Waals surface area contributed by atoms with Crippen LogP contribution in [-0.4, -0.2) is 34.1 Å². The number of carbonyl (C=O) groups is 3. The predicted molar refractivity (Wildman–Crippen MR) is 113 cm³/mol. The molecule has 0 aromatic heterocycles. The van der Waals surface area contributed by atoms with Crippen molar-refractivity contribution in [2.75, 3.05) is 0 Å². The molecule has 164 valence electrons. The maximum absolute atomic E-state index is 13.3. The largest absolute Gasteiger partial charge is 0.481 e. The Hall–Kier alpha value is -2.37. The van der Waals surface area contributed by atoms with Crippen LogP contribution in [0.2, 0.25) is 0 Å². The van der Waals surface area contributed by atoms with Crippen LogP contribution in [0.3, 0.4) is 0 Å². The Morgan fingerprint density at radius 1 is 1.17 bits per heavy atom. The van der Waals surface area contributed by atoms with Crippen LogP contribution in [0, 0.1) is 11.3 Å². The zero-order valence-corrected chi connectivity index (χ0v) is 18.3. The van der Waals surface area contributed by atoms with Gasteiger partial charge in [-0.3, -0.25) is 9.59 Å². The summed E-state index contributed by atoms with van der Waals surface area (Å²) in [5.41, 5.74) is 3.11. The summed E-state index contributed by atoms with van der Waals surface area (Å²) in [6, 6.07) is 5.31. The van der Waals surface area contributed by atoms with E-state index in [1.54, 1.807) is 0 Å². The molecular weight excluding hydrogens is 382 g/mol. The minimum Gasteiger partial charge on any atom is -0.481 e. The number of aryl methyl sites for hydroxylation is 1. The Morgan fingerprint density at radius 3 is 2.47 bits per heavy atom. The standard InChI is InChI=1S/C24H33NO5/c1-14(2)15-6-8-17-16(12-15)7-9-19-23(17,3)10-5-11-24(19,4)22(30)25-18(21(28)29)13-20(26)27/h6,8,12,14,18-19H,5,7,9-11,13H2,1-4H3,(H,25,30)(H,26,27)(H,28,29)/t18-,19+,23+,24+/m0/s1. The second kappa shape index (κ2) is 8.05. The highest BCUT2D eigenvalue weighted by Crippen LogP contribution is 2.57. The summed E-state index contributed by atoms with van der Waals surface area (Å²) < 4.78 is 0. The van der Waals surface area contributed by atoms with Gasteiger partial charge in [0.25, 0.3) is 0 Å². The molecule has 1 aromatic carbocycles. The Kier molecular flexibility index (Phi) is 5.99. The van der Waals surface area contributed by atoms with Crippen molar-refractivity contribution in [3.05, 3.63) is 34.9 Å². The number of carboxylic acid groups (broad SMARTS) is 2. The summed E-state index contributed by atoms with van der Waals surface area (Å²) in [6.45, 7) is 8.54. The molecule has 6 nitrogen and oxygen atoms in total. The Labute approximate surface area is 178 Å². The third-order valence-electron chi connectivity index (χ3n) is 7.54. The summed E-state index contributed by atoms with van der Waals surface area (Å²) in [7, 11) is 0. The van der Waals surface area contributed by atoms with E-state index in [0.29, 0.717) is 12.3 Å². The molecule has 1 fully saturated rings. The van der Waals surface area contributed by atoms with Crippen LogP contribution in [0.4, 0.5) is 0 Å². The van der Waals surface area contributed by atoms with Crippen molar-refractivity contribution >= 4 is 17.8 Å². The zero-order valence-electron chi connectivity index (χ0n) is 18.3. The first-order valence-corrected chi connectivity index (χ1v) is 10.9. The minimum atomic E-state index is -1.41. The zero-order chi connectivity index (χ0) is 22.3. The van der Waals surface area contributed by atoms with Crippen molar-refractivity contribution < 1.29 is 24.6 Å². The fourth-order valence-electron chi connectivity index (χ4n) is 5.84. The van der Waals surface area contributed by atoms with E-state index >= 15 is 0 Å². The molecule has 3 N–H and O–H groups in total. The highest BCUT2D eigenvalue weighted by atomic mass is 16.4. The van der Waals surface area contributed by atoms with Crippen LogP contribution in [-0.2, 0) is 26.2 Å². The smallest absolute Gasteiger partial charge is 0.326 e. The van der Waals surface area contributed by atoms with Gasteiger partial charge in [-0.05, 0) is 59.6 Å².